The quantitative estimate of drug-likeness (QED) is 0.582. The molecule has 3 rings (SSSR count). The van der Waals surface area contributed by atoms with Gasteiger partial charge in [0.25, 0.3) is 0 Å². The van der Waals surface area contributed by atoms with Gasteiger partial charge in [0.15, 0.2) is 5.82 Å². The average molecular weight is 331 g/mol. The molecule has 6 heteroatoms. The third kappa shape index (κ3) is 2.96. The largest absolute Gasteiger partial charge is 0.335 e. The summed E-state index contributed by atoms with van der Waals surface area (Å²) in [4.78, 5) is 0. The van der Waals surface area contributed by atoms with Crippen molar-refractivity contribution in [1.82, 2.24) is 14.9 Å². The van der Waals surface area contributed by atoms with Gasteiger partial charge in [-0.25, -0.2) is 4.68 Å². The Morgan fingerprint density at radius 1 is 1.09 bits per heavy atom. The van der Waals surface area contributed by atoms with Gasteiger partial charge < -0.3 is 5.84 Å². The molecule has 0 amide bonds. The summed E-state index contributed by atoms with van der Waals surface area (Å²) in [6.07, 6.45) is 0. The summed E-state index contributed by atoms with van der Waals surface area (Å²) in [6.45, 7) is 2.10. The number of nitrogen functional groups attached to an aromatic ring is 1. The van der Waals surface area contributed by atoms with Gasteiger partial charge in [-0.15, -0.1) is 10.2 Å². The average Bonchev–Trinajstić information content (AvgIpc) is 2.88. The second-order valence-corrected chi connectivity index (χ2v) is 6.22. The number of hydrogen-bond acceptors (Lipinski definition) is 4. The van der Waals surface area contributed by atoms with E-state index in [-0.39, 0.29) is 0 Å². The number of nitrogens with zero attached hydrogens (tertiary/aromatic N) is 3. The van der Waals surface area contributed by atoms with E-state index in [1.165, 1.54) is 15.8 Å². The van der Waals surface area contributed by atoms with Crippen LogP contribution >= 0.6 is 23.4 Å². The van der Waals surface area contributed by atoms with Crippen LogP contribution in [0.3, 0.4) is 0 Å². The van der Waals surface area contributed by atoms with E-state index < -0.39 is 0 Å². The topological polar surface area (TPSA) is 56.7 Å². The second kappa shape index (κ2) is 6.42. The second-order valence-electron chi connectivity index (χ2n) is 4.87. The summed E-state index contributed by atoms with van der Waals surface area (Å²) in [5.41, 5.74) is 3.29. The Bertz CT molecular complexity index is 800. The molecule has 0 fully saturated rings. The lowest BCUT2D eigenvalue weighted by molar-refractivity contribution is 0.849. The number of aromatic nitrogens is 3. The van der Waals surface area contributed by atoms with Crippen molar-refractivity contribution in [2.75, 3.05) is 5.84 Å². The summed E-state index contributed by atoms with van der Waals surface area (Å²) in [7, 11) is 0. The number of thioether (sulfide) groups is 1. The first kappa shape index (κ1) is 14.9. The van der Waals surface area contributed by atoms with Gasteiger partial charge in [-0.05, 0) is 30.2 Å². The van der Waals surface area contributed by atoms with E-state index in [0.29, 0.717) is 16.0 Å². The smallest absolute Gasteiger partial charge is 0.210 e. The highest BCUT2D eigenvalue weighted by Crippen LogP contribution is 2.29. The lowest BCUT2D eigenvalue weighted by Gasteiger charge is -2.06. The zero-order chi connectivity index (χ0) is 15.5. The Balaban J connectivity index is 1.83. The van der Waals surface area contributed by atoms with Crippen molar-refractivity contribution < 1.29 is 0 Å². The predicted octanol–water partition coefficient (Wildman–Crippen LogP) is 3.91. The van der Waals surface area contributed by atoms with Gasteiger partial charge in [-0.1, -0.05) is 59.8 Å². The Morgan fingerprint density at radius 3 is 2.59 bits per heavy atom. The van der Waals surface area contributed by atoms with Crippen molar-refractivity contribution in [3.05, 3.63) is 64.7 Å². The van der Waals surface area contributed by atoms with Crippen molar-refractivity contribution in [2.45, 2.75) is 17.8 Å². The maximum absolute atomic E-state index is 6.19. The molecule has 1 heterocycles. The molecule has 0 aliphatic rings. The van der Waals surface area contributed by atoms with E-state index in [4.69, 9.17) is 17.4 Å². The van der Waals surface area contributed by atoms with Gasteiger partial charge in [0.05, 0.1) is 5.02 Å². The number of halogens is 1. The zero-order valence-corrected chi connectivity index (χ0v) is 13.6. The van der Waals surface area contributed by atoms with Crippen LogP contribution in [0.1, 0.15) is 11.1 Å². The molecule has 1 aromatic heterocycles. The third-order valence-corrected chi connectivity index (χ3v) is 4.72. The van der Waals surface area contributed by atoms with Crippen LogP contribution in [0.15, 0.2) is 53.7 Å². The molecule has 0 atom stereocenters. The van der Waals surface area contributed by atoms with Crippen LogP contribution in [-0.4, -0.2) is 14.9 Å². The van der Waals surface area contributed by atoms with Crippen LogP contribution < -0.4 is 5.84 Å². The zero-order valence-electron chi connectivity index (χ0n) is 12.0. The van der Waals surface area contributed by atoms with Crippen LogP contribution in [-0.2, 0) is 5.75 Å². The fourth-order valence-corrected chi connectivity index (χ4v) is 3.27. The SMILES string of the molecule is Cc1ccccc1CSc1nnc(-c2ccccc2Cl)n1N. The highest BCUT2D eigenvalue weighted by Gasteiger charge is 2.14. The summed E-state index contributed by atoms with van der Waals surface area (Å²) in [5.74, 6) is 7.48. The lowest BCUT2D eigenvalue weighted by atomic mass is 10.1. The number of rotatable bonds is 4. The van der Waals surface area contributed by atoms with Crippen LogP contribution in [0.2, 0.25) is 5.02 Å². The van der Waals surface area contributed by atoms with E-state index in [1.54, 1.807) is 11.8 Å². The third-order valence-electron chi connectivity index (χ3n) is 3.40. The first-order valence-corrected chi connectivity index (χ1v) is 8.16. The van der Waals surface area contributed by atoms with E-state index in [0.717, 1.165) is 11.3 Å². The van der Waals surface area contributed by atoms with Crippen LogP contribution in [0.25, 0.3) is 11.4 Å². The maximum atomic E-state index is 6.19. The van der Waals surface area contributed by atoms with E-state index in [9.17, 15) is 0 Å². The first-order valence-electron chi connectivity index (χ1n) is 6.79. The summed E-state index contributed by atoms with van der Waals surface area (Å²) in [5, 5.41) is 9.61. The van der Waals surface area contributed by atoms with Gasteiger partial charge in [0.1, 0.15) is 0 Å². The minimum atomic E-state index is 0.567. The Kier molecular flexibility index (Phi) is 4.36. The predicted molar refractivity (Wildman–Crippen MR) is 91.4 cm³/mol. The molecule has 0 bridgehead atoms. The number of hydrogen-bond donors (Lipinski definition) is 1. The Labute approximate surface area is 138 Å². The molecular formula is C16H15ClN4S. The van der Waals surface area contributed by atoms with Crippen molar-refractivity contribution in [2.24, 2.45) is 0 Å². The van der Waals surface area contributed by atoms with Crippen molar-refractivity contribution in [3.8, 4) is 11.4 Å². The first-order chi connectivity index (χ1) is 10.7. The monoisotopic (exact) mass is 330 g/mol. The molecule has 2 aromatic carbocycles. The van der Waals surface area contributed by atoms with Crippen LogP contribution in [0.4, 0.5) is 0 Å². The lowest BCUT2D eigenvalue weighted by Crippen LogP contribution is -2.11. The summed E-state index contributed by atoms with van der Waals surface area (Å²) in [6, 6.07) is 15.7. The van der Waals surface area contributed by atoms with E-state index in [2.05, 4.69) is 29.3 Å². The molecule has 22 heavy (non-hydrogen) atoms. The minimum Gasteiger partial charge on any atom is -0.335 e. The normalized spacial score (nSPS) is 10.8. The van der Waals surface area contributed by atoms with Crippen molar-refractivity contribution in [3.63, 3.8) is 0 Å². The van der Waals surface area contributed by atoms with Gasteiger partial charge in [0, 0.05) is 11.3 Å². The summed E-state index contributed by atoms with van der Waals surface area (Å²) >= 11 is 7.75. The molecule has 0 radical (unpaired) electrons. The molecule has 0 saturated heterocycles. The van der Waals surface area contributed by atoms with Gasteiger partial charge in [-0.3, -0.25) is 0 Å². The van der Waals surface area contributed by atoms with Gasteiger partial charge >= 0.3 is 0 Å². The molecule has 2 N–H and O–H groups in total. The molecule has 112 valence electrons. The number of benzene rings is 2. The molecule has 0 saturated carbocycles. The van der Waals surface area contributed by atoms with Crippen LogP contribution in [0, 0.1) is 6.92 Å². The number of nitrogens with two attached hydrogens (primary N) is 1. The molecule has 3 aromatic rings. The van der Waals surface area contributed by atoms with E-state index in [1.807, 2.05) is 36.4 Å². The van der Waals surface area contributed by atoms with Crippen LogP contribution in [0.5, 0.6) is 0 Å². The molecule has 4 nitrogen and oxygen atoms in total. The fourth-order valence-electron chi connectivity index (χ4n) is 2.12. The molecule has 0 unspecified atom stereocenters. The highest BCUT2D eigenvalue weighted by atomic mass is 35.5. The molecule has 0 aliphatic carbocycles. The highest BCUT2D eigenvalue weighted by molar-refractivity contribution is 7.98. The number of aryl methyl sites for hydroxylation is 1. The molecular weight excluding hydrogens is 316 g/mol. The van der Waals surface area contributed by atoms with Gasteiger partial charge in [-0.2, -0.15) is 0 Å². The minimum absolute atomic E-state index is 0.567. The van der Waals surface area contributed by atoms with E-state index >= 15 is 0 Å². The van der Waals surface area contributed by atoms with Crippen molar-refractivity contribution in [1.29, 1.82) is 0 Å². The fraction of sp³-hybridized carbons (Fsp3) is 0.125. The molecule has 0 aliphatic heterocycles. The summed E-state index contributed by atoms with van der Waals surface area (Å²) < 4.78 is 1.49. The molecule has 0 spiro atoms. The Morgan fingerprint density at radius 2 is 1.82 bits per heavy atom. The van der Waals surface area contributed by atoms with Gasteiger partial charge in [0.2, 0.25) is 5.16 Å². The maximum Gasteiger partial charge on any atom is 0.210 e. The standard InChI is InChI=1S/C16H15ClN4S/c1-11-6-2-3-7-12(11)10-22-16-20-19-15(21(16)18)13-8-4-5-9-14(13)17/h2-9H,10,18H2,1H3. The Hall–Kier alpha value is -1.98. The van der Waals surface area contributed by atoms with Crippen molar-refractivity contribution >= 4 is 23.4 Å².